The van der Waals surface area contributed by atoms with Crippen molar-refractivity contribution in [3.63, 3.8) is 0 Å². The second-order valence-corrected chi connectivity index (χ2v) is 8.40. The molecule has 0 saturated heterocycles. The molecule has 8 nitrogen and oxygen atoms in total. The van der Waals surface area contributed by atoms with Crippen LogP contribution < -0.4 is 14.8 Å². The fourth-order valence-electron chi connectivity index (χ4n) is 3.88. The predicted molar refractivity (Wildman–Crippen MR) is 125 cm³/mol. The molecule has 2 aromatic heterocycles. The number of amides is 1. The highest BCUT2D eigenvalue weighted by atomic mass is 32.1. The van der Waals surface area contributed by atoms with Crippen molar-refractivity contribution in [2.45, 2.75) is 12.8 Å². The fraction of sp³-hybridized carbons (Fsp3) is 0.0833. The van der Waals surface area contributed by atoms with Gasteiger partial charge in [0.2, 0.25) is 0 Å². The van der Waals surface area contributed by atoms with E-state index < -0.39 is 12.2 Å². The number of rotatable bonds is 5. The normalized spacial score (nSPS) is 13.8. The minimum Gasteiger partial charge on any atom is -0.395 e. The smallest absolute Gasteiger partial charge is 0.395 e. The Bertz CT molecular complexity index is 1550. The van der Waals surface area contributed by atoms with Crippen LogP contribution in [-0.4, -0.2) is 31.6 Å². The van der Waals surface area contributed by atoms with E-state index in [1.165, 1.54) is 29.7 Å². The second kappa shape index (κ2) is 8.13. The van der Waals surface area contributed by atoms with E-state index in [0.717, 1.165) is 22.3 Å². The number of hydrogen-bond acceptors (Lipinski definition) is 7. The van der Waals surface area contributed by atoms with E-state index in [4.69, 9.17) is 0 Å². The SMILES string of the molecule is O=C(Nc1ccc2c(c1)OC(F)(F)O2)c1nn(Cc2ccc(-c3csnn3)cc2)c2ccccc12. The number of aromatic nitrogens is 4. The van der Waals surface area contributed by atoms with Crippen LogP contribution in [0.25, 0.3) is 22.2 Å². The average molecular weight is 491 g/mol. The molecule has 3 aromatic carbocycles. The number of fused-ring (bicyclic) bond motifs is 2. The molecular formula is C24H15F2N5O3S. The average Bonchev–Trinajstić information content (AvgIpc) is 3.56. The molecule has 0 saturated carbocycles. The van der Waals surface area contributed by atoms with Crippen molar-refractivity contribution in [3.05, 3.63) is 83.4 Å². The van der Waals surface area contributed by atoms with Crippen LogP contribution in [0.15, 0.2) is 72.1 Å². The van der Waals surface area contributed by atoms with Gasteiger partial charge in [-0.3, -0.25) is 9.48 Å². The first-order valence-corrected chi connectivity index (χ1v) is 11.3. The third kappa shape index (κ3) is 4.06. The molecule has 174 valence electrons. The Labute approximate surface area is 200 Å². The first-order valence-electron chi connectivity index (χ1n) is 10.5. The highest BCUT2D eigenvalue weighted by Gasteiger charge is 2.43. The third-order valence-corrected chi connectivity index (χ3v) is 5.98. The number of para-hydroxylation sites is 1. The number of carbonyl (C=O) groups excluding carboxylic acids is 1. The van der Waals surface area contributed by atoms with Crippen LogP contribution in [0.3, 0.4) is 0 Å². The fourth-order valence-corrected chi connectivity index (χ4v) is 4.34. The molecule has 1 amide bonds. The Hall–Kier alpha value is -4.38. The zero-order chi connectivity index (χ0) is 24.0. The van der Waals surface area contributed by atoms with Crippen LogP contribution in [0.5, 0.6) is 11.5 Å². The molecule has 0 radical (unpaired) electrons. The molecule has 0 unspecified atom stereocenters. The molecule has 1 N–H and O–H groups in total. The summed E-state index contributed by atoms with van der Waals surface area (Å²) < 4.78 is 41.1. The van der Waals surface area contributed by atoms with Gasteiger partial charge in [-0.15, -0.1) is 13.9 Å². The molecule has 6 rings (SSSR count). The number of nitrogens with zero attached hydrogens (tertiary/aromatic N) is 4. The number of ether oxygens (including phenoxy) is 2. The number of benzene rings is 3. The minimum absolute atomic E-state index is 0.0974. The van der Waals surface area contributed by atoms with Crippen molar-refractivity contribution in [3.8, 4) is 22.8 Å². The maximum Gasteiger partial charge on any atom is 0.586 e. The van der Waals surface area contributed by atoms with Crippen LogP contribution in [0.1, 0.15) is 16.1 Å². The number of alkyl halides is 2. The molecule has 0 bridgehead atoms. The van der Waals surface area contributed by atoms with Crippen molar-refractivity contribution < 1.29 is 23.0 Å². The zero-order valence-corrected chi connectivity index (χ0v) is 18.6. The third-order valence-electron chi connectivity index (χ3n) is 5.47. The van der Waals surface area contributed by atoms with Crippen LogP contribution >= 0.6 is 11.5 Å². The second-order valence-electron chi connectivity index (χ2n) is 7.79. The first kappa shape index (κ1) is 21.2. The van der Waals surface area contributed by atoms with Gasteiger partial charge in [0.25, 0.3) is 5.91 Å². The number of anilines is 1. The summed E-state index contributed by atoms with van der Waals surface area (Å²) in [6.07, 6.45) is -3.73. The molecular weight excluding hydrogens is 476 g/mol. The Kier molecular flexibility index (Phi) is 4.92. The largest absolute Gasteiger partial charge is 0.586 e. The van der Waals surface area contributed by atoms with Gasteiger partial charge in [0.05, 0.1) is 12.1 Å². The van der Waals surface area contributed by atoms with E-state index in [1.54, 1.807) is 4.68 Å². The zero-order valence-electron chi connectivity index (χ0n) is 17.8. The van der Waals surface area contributed by atoms with Gasteiger partial charge in [0.1, 0.15) is 5.69 Å². The van der Waals surface area contributed by atoms with Crippen molar-refractivity contribution in [1.29, 1.82) is 0 Å². The molecule has 11 heteroatoms. The molecule has 35 heavy (non-hydrogen) atoms. The lowest BCUT2D eigenvalue weighted by Crippen LogP contribution is -2.25. The summed E-state index contributed by atoms with van der Waals surface area (Å²) in [4.78, 5) is 13.1. The monoisotopic (exact) mass is 491 g/mol. The summed E-state index contributed by atoms with van der Waals surface area (Å²) in [5, 5.41) is 13.9. The van der Waals surface area contributed by atoms with Crippen molar-refractivity contribution >= 4 is 34.0 Å². The number of hydrogen-bond donors (Lipinski definition) is 1. The Morgan fingerprint density at radius 2 is 1.83 bits per heavy atom. The predicted octanol–water partition coefficient (Wildman–Crippen LogP) is 5.18. The first-order chi connectivity index (χ1) is 16.9. The summed E-state index contributed by atoms with van der Waals surface area (Å²) in [5.41, 5.74) is 4.06. The van der Waals surface area contributed by atoms with E-state index in [0.29, 0.717) is 11.9 Å². The highest BCUT2D eigenvalue weighted by molar-refractivity contribution is 7.03. The molecule has 1 aliphatic rings. The summed E-state index contributed by atoms with van der Waals surface area (Å²) in [5.74, 6) is -0.725. The van der Waals surface area contributed by atoms with Crippen molar-refractivity contribution in [1.82, 2.24) is 19.4 Å². The van der Waals surface area contributed by atoms with Gasteiger partial charge in [-0.25, -0.2) is 0 Å². The lowest BCUT2D eigenvalue weighted by Gasteiger charge is -2.05. The maximum atomic E-state index is 13.3. The van der Waals surface area contributed by atoms with Gasteiger partial charge in [-0.05, 0) is 35.3 Å². The van der Waals surface area contributed by atoms with Crippen molar-refractivity contribution in [2.24, 2.45) is 0 Å². The highest BCUT2D eigenvalue weighted by Crippen LogP contribution is 2.42. The Balaban J connectivity index is 1.26. The summed E-state index contributed by atoms with van der Waals surface area (Å²) >= 11 is 1.29. The molecule has 0 spiro atoms. The molecule has 0 fully saturated rings. The van der Waals surface area contributed by atoms with Crippen LogP contribution in [-0.2, 0) is 6.54 Å². The van der Waals surface area contributed by atoms with Crippen molar-refractivity contribution in [2.75, 3.05) is 5.32 Å². The number of carbonyl (C=O) groups is 1. The van der Waals surface area contributed by atoms with E-state index in [9.17, 15) is 13.6 Å². The number of nitrogens with one attached hydrogen (secondary N) is 1. The molecule has 1 aliphatic heterocycles. The van der Waals surface area contributed by atoms with Gasteiger partial charge in [0, 0.05) is 28.1 Å². The minimum atomic E-state index is -3.73. The van der Waals surface area contributed by atoms with Gasteiger partial charge in [-0.1, -0.05) is 47.0 Å². The van der Waals surface area contributed by atoms with Crippen LogP contribution in [0, 0.1) is 0 Å². The topological polar surface area (TPSA) is 91.2 Å². The summed E-state index contributed by atoms with van der Waals surface area (Å²) in [6.45, 7) is 0.447. The van der Waals surface area contributed by atoms with Gasteiger partial charge in [-0.2, -0.15) is 5.10 Å². The standard InChI is InChI=1S/C24H15F2N5O3S/c25-24(26)33-20-10-9-16(11-21(20)34-24)27-23(32)22-17-3-1-2-4-19(17)31(29-22)12-14-5-7-15(8-6-14)18-13-35-30-28-18/h1-11,13H,12H2,(H,27,32). The van der Waals surface area contributed by atoms with E-state index >= 15 is 0 Å². The van der Waals surface area contributed by atoms with Crippen LogP contribution in [0.2, 0.25) is 0 Å². The molecule has 0 aliphatic carbocycles. The lowest BCUT2D eigenvalue weighted by molar-refractivity contribution is -0.286. The number of halogens is 2. The van der Waals surface area contributed by atoms with E-state index in [1.807, 2.05) is 53.9 Å². The van der Waals surface area contributed by atoms with Gasteiger partial charge < -0.3 is 14.8 Å². The molecule has 5 aromatic rings. The van der Waals surface area contributed by atoms with Crippen LogP contribution in [0.4, 0.5) is 14.5 Å². The molecule has 3 heterocycles. The van der Waals surface area contributed by atoms with Gasteiger partial charge >= 0.3 is 6.29 Å². The van der Waals surface area contributed by atoms with E-state index in [2.05, 4.69) is 29.5 Å². The maximum absolute atomic E-state index is 13.3. The Morgan fingerprint density at radius 1 is 1.03 bits per heavy atom. The molecule has 0 atom stereocenters. The summed E-state index contributed by atoms with van der Waals surface area (Å²) in [7, 11) is 0. The summed E-state index contributed by atoms with van der Waals surface area (Å²) in [6, 6.07) is 19.3. The lowest BCUT2D eigenvalue weighted by atomic mass is 10.1. The van der Waals surface area contributed by atoms with E-state index in [-0.39, 0.29) is 22.9 Å². The quantitative estimate of drug-likeness (QED) is 0.365. The Morgan fingerprint density at radius 3 is 2.63 bits per heavy atom. The van der Waals surface area contributed by atoms with Gasteiger partial charge in [0.15, 0.2) is 17.2 Å².